The first-order valence-corrected chi connectivity index (χ1v) is 5.76. The van der Waals surface area contributed by atoms with E-state index in [1.165, 1.54) is 0 Å². The smallest absolute Gasteiger partial charge is 0.170 e. The van der Waals surface area contributed by atoms with Gasteiger partial charge < -0.3 is 5.32 Å². The molecule has 0 aliphatic carbocycles. The van der Waals surface area contributed by atoms with Crippen molar-refractivity contribution in [1.82, 2.24) is 25.5 Å². The van der Waals surface area contributed by atoms with Crippen LogP contribution < -0.4 is 5.32 Å². The Hall–Kier alpha value is -0.980. The Bertz CT molecular complexity index is 498. The van der Waals surface area contributed by atoms with Gasteiger partial charge in [-0.25, -0.2) is 0 Å². The third-order valence-electron chi connectivity index (χ3n) is 2.01. The van der Waals surface area contributed by atoms with E-state index in [0.717, 1.165) is 16.0 Å². The number of halogens is 2. The molecule has 1 aromatic heterocycles. The highest BCUT2D eigenvalue weighted by molar-refractivity contribution is 9.10. The van der Waals surface area contributed by atoms with Gasteiger partial charge in [0.1, 0.15) is 0 Å². The first-order valence-electron chi connectivity index (χ1n) is 4.59. The standard InChI is InChI=1S/C9H9BrClN5/c1-12-5-9-13-14-15-16(9)8-4-6(11)2-3-7(8)10/h2-4,12H,5H2,1H3. The first kappa shape index (κ1) is 11.5. The molecule has 16 heavy (non-hydrogen) atoms. The predicted octanol–water partition coefficient (Wildman–Crippen LogP) is 1.80. The molecule has 0 atom stereocenters. The quantitative estimate of drug-likeness (QED) is 0.939. The van der Waals surface area contributed by atoms with Crippen molar-refractivity contribution in [3.05, 3.63) is 33.5 Å². The summed E-state index contributed by atoms with van der Waals surface area (Å²) in [7, 11) is 1.84. The van der Waals surface area contributed by atoms with Gasteiger partial charge in [-0.15, -0.1) is 5.10 Å². The molecule has 0 spiro atoms. The number of benzene rings is 1. The molecule has 0 fully saturated rings. The zero-order valence-electron chi connectivity index (χ0n) is 8.48. The maximum atomic E-state index is 5.94. The zero-order chi connectivity index (χ0) is 11.5. The predicted molar refractivity (Wildman–Crippen MR) is 64.6 cm³/mol. The summed E-state index contributed by atoms with van der Waals surface area (Å²) >= 11 is 9.39. The Morgan fingerprint density at radius 3 is 3.06 bits per heavy atom. The first-order chi connectivity index (χ1) is 7.72. The van der Waals surface area contributed by atoms with Gasteiger partial charge in [0.25, 0.3) is 0 Å². The Kier molecular flexibility index (Phi) is 3.52. The van der Waals surface area contributed by atoms with Crippen LogP contribution in [0.25, 0.3) is 5.69 Å². The van der Waals surface area contributed by atoms with Crippen LogP contribution in [0.2, 0.25) is 5.02 Å². The van der Waals surface area contributed by atoms with Gasteiger partial charge >= 0.3 is 0 Å². The van der Waals surface area contributed by atoms with Crippen LogP contribution in [0.3, 0.4) is 0 Å². The number of tetrazole rings is 1. The number of nitrogens with one attached hydrogen (secondary N) is 1. The summed E-state index contributed by atoms with van der Waals surface area (Å²) in [5.74, 6) is 0.727. The number of hydrogen-bond acceptors (Lipinski definition) is 4. The normalized spacial score (nSPS) is 10.7. The summed E-state index contributed by atoms with van der Waals surface area (Å²) in [5, 5.41) is 15.2. The van der Waals surface area contributed by atoms with E-state index in [2.05, 4.69) is 36.8 Å². The van der Waals surface area contributed by atoms with Crippen molar-refractivity contribution in [2.75, 3.05) is 7.05 Å². The second-order valence-electron chi connectivity index (χ2n) is 3.13. The molecule has 2 aromatic rings. The van der Waals surface area contributed by atoms with E-state index in [4.69, 9.17) is 11.6 Å². The monoisotopic (exact) mass is 301 g/mol. The summed E-state index contributed by atoms with van der Waals surface area (Å²) in [5.41, 5.74) is 0.822. The van der Waals surface area contributed by atoms with Crippen molar-refractivity contribution in [3.8, 4) is 5.69 Å². The molecule has 0 radical (unpaired) electrons. The number of nitrogens with zero attached hydrogens (tertiary/aromatic N) is 4. The molecular weight excluding hydrogens is 293 g/mol. The fourth-order valence-electron chi connectivity index (χ4n) is 1.31. The topological polar surface area (TPSA) is 55.6 Å². The Morgan fingerprint density at radius 2 is 2.31 bits per heavy atom. The lowest BCUT2D eigenvalue weighted by atomic mass is 10.3. The fourth-order valence-corrected chi connectivity index (χ4v) is 1.89. The average Bonchev–Trinajstić information content (AvgIpc) is 2.70. The molecular formula is C9H9BrClN5. The van der Waals surface area contributed by atoms with E-state index in [1.54, 1.807) is 16.8 Å². The van der Waals surface area contributed by atoms with Crippen molar-refractivity contribution in [2.45, 2.75) is 6.54 Å². The number of aromatic nitrogens is 4. The molecule has 0 aliphatic rings. The Labute approximate surface area is 106 Å². The van der Waals surface area contributed by atoms with Crippen LogP contribution in [0, 0.1) is 0 Å². The number of rotatable bonds is 3. The molecule has 0 amide bonds. The third kappa shape index (κ3) is 2.23. The molecule has 0 saturated heterocycles. The maximum absolute atomic E-state index is 5.94. The summed E-state index contributed by atoms with van der Waals surface area (Å²) < 4.78 is 2.54. The van der Waals surface area contributed by atoms with Gasteiger partial charge in [0.2, 0.25) is 0 Å². The summed E-state index contributed by atoms with van der Waals surface area (Å²) in [6.45, 7) is 0.589. The van der Waals surface area contributed by atoms with Crippen LogP contribution >= 0.6 is 27.5 Å². The van der Waals surface area contributed by atoms with Crippen molar-refractivity contribution in [2.24, 2.45) is 0 Å². The van der Waals surface area contributed by atoms with E-state index in [0.29, 0.717) is 11.6 Å². The zero-order valence-corrected chi connectivity index (χ0v) is 10.8. The lowest BCUT2D eigenvalue weighted by Gasteiger charge is -2.06. The van der Waals surface area contributed by atoms with Crippen molar-refractivity contribution < 1.29 is 0 Å². The highest BCUT2D eigenvalue weighted by Crippen LogP contribution is 2.24. The van der Waals surface area contributed by atoms with Gasteiger partial charge in [-0.3, -0.25) is 0 Å². The van der Waals surface area contributed by atoms with Crippen LogP contribution in [-0.4, -0.2) is 27.3 Å². The molecule has 0 bridgehead atoms. The van der Waals surface area contributed by atoms with Gasteiger partial charge in [0, 0.05) is 9.50 Å². The van der Waals surface area contributed by atoms with Crippen LogP contribution in [0.4, 0.5) is 0 Å². The summed E-state index contributed by atoms with van der Waals surface area (Å²) in [6.07, 6.45) is 0. The van der Waals surface area contributed by atoms with E-state index in [-0.39, 0.29) is 0 Å². The average molecular weight is 303 g/mol. The molecule has 5 nitrogen and oxygen atoms in total. The molecule has 0 aliphatic heterocycles. The van der Waals surface area contributed by atoms with Gasteiger partial charge in [0.15, 0.2) is 5.82 Å². The molecule has 7 heteroatoms. The molecule has 84 valence electrons. The minimum absolute atomic E-state index is 0.589. The minimum atomic E-state index is 0.589. The van der Waals surface area contributed by atoms with Crippen molar-refractivity contribution >= 4 is 27.5 Å². The van der Waals surface area contributed by atoms with Crippen LogP contribution in [0.15, 0.2) is 22.7 Å². The maximum Gasteiger partial charge on any atom is 0.170 e. The fraction of sp³-hybridized carbons (Fsp3) is 0.222. The highest BCUT2D eigenvalue weighted by Gasteiger charge is 2.10. The van der Waals surface area contributed by atoms with Crippen LogP contribution in [0.1, 0.15) is 5.82 Å². The minimum Gasteiger partial charge on any atom is -0.313 e. The van der Waals surface area contributed by atoms with E-state index >= 15 is 0 Å². The molecule has 0 unspecified atom stereocenters. The van der Waals surface area contributed by atoms with Crippen LogP contribution in [-0.2, 0) is 6.54 Å². The molecule has 0 saturated carbocycles. The highest BCUT2D eigenvalue weighted by atomic mass is 79.9. The second kappa shape index (κ2) is 4.90. The third-order valence-corrected chi connectivity index (χ3v) is 2.91. The molecule has 2 rings (SSSR count). The van der Waals surface area contributed by atoms with Crippen LogP contribution in [0.5, 0.6) is 0 Å². The van der Waals surface area contributed by atoms with Gasteiger partial charge in [-0.2, -0.15) is 4.68 Å². The van der Waals surface area contributed by atoms with Gasteiger partial charge in [0.05, 0.1) is 12.2 Å². The van der Waals surface area contributed by atoms with Gasteiger partial charge in [-0.1, -0.05) is 11.6 Å². The summed E-state index contributed by atoms with van der Waals surface area (Å²) in [4.78, 5) is 0. The molecule has 1 N–H and O–H groups in total. The number of hydrogen-bond donors (Lipinski definition) is 1. The van der Waals surface area contributed by atoms with E-state index in [1.807, 2.05) is 13.1 Å². The largest absolute Gasteiger partial charge is 0.313 e. The lowest BCUT2D eigenvalue weighted by molar-refractivity contribution is 0.707. The lowest BCUT2D eigenvalue weighted by Crippen LogP contribution is -2.12. The van der Waals surface area contributed by atoms with Crippen molar-refractivity contribution in [3.63, 3.8) is 0 Å². The van der Waals surface area contributed by atoms with Crippen molar-refractivity contribution in [1.29, 1.82) is 0 Å². The molecule has 1 aromatic carbocycles. The second-order valence-corrected chi connectivity index (χ2v) is 4.42. The van der Waals surface area contributed by atoms with Gasteiger partial charge in [-0.05, 0) is 51.6 Å². The Balaban J connectivity index is 2.49. The molecule has 1 heterocycles. The SMILES string of the molecule is CNCc1nnnn1-c1cc(Cl)ccc1Br. The Morgan fingerprint density at radius 1 is 1.50 bits per heavy atom. The summed E-state index contributed by atoms with van der Waals surface area (Å²) in [6, 6.07) is 5.47. The van der Waals surface area contributed by atoms with E-state index in [9.17, 15) is 0 Å². The van der Waals surface area contributed by atoms with E-state index < -0.39 is 0 Å².